The van der Waals surface area contributed by atoms with Crippen molar-refractivity contribution in [2.45, 2.75) is 38.5 Å². The van der Waals surface area contributed by atoms with E-state index in [1.165, 1.54) is 51.7 Å². The molecule has 1 aliphatic heterocycles. The average Bonchev–Trinajstić information content (AvgIpc) is 2.74. The van der Waals surface area contributed by atoms with Gasteiger partial charge in [-0.3, -0.25) is 4.99 Å². The lowest BCUT2D eigenvalue weighted by Gasteiger charge is -2.20. The summed E-state index contributed by atoms with van der Waals surface area (Å²) in [6.45, 7) is 6.45. The Morgan fingerprint density at radius 3 is 2.24 bits per heavy atom. The van der Waals surface area contributed by atoms with Crippen LogP contribution in [0.4, 0.5) is 0 Å². The molecule has 126 valence electrons. The van der Waals surface area contributed by atoms with Crippen LogP contribution >= 0.6 is 24.0 Å². The maximum absolute atomic E-state index is 5.03. The van der Waals surface area contributed by atoms with E-state index < -0.39 is 0 Å². The van der Waals surface area contributed by atoms with Crippen molar-refractivity contribution in [3.63, 3.8) is 0 Å². The van der Waals surface area contributed by atoms with E-state index in [4.69, 9.17) is 4.74 Å². The number of hydrogen-bond donors (Lipinski definition) is 2. The van der Waals surface area contributed by atoms with Gasteiger partial charge in [0.25, 0.3) is 0 Å². The van der Waals surface area contributed by atoms with Gasteiger partial charge in [0, 0.05) is 33.9 Å². The van der Waals surface area contributed by atoms with Crippen LogP contribution in [0, 0.1) is 0 Å². The monoisotopic (exact) mass is 412 g/mol. The molecule has 0 amide bonds. The quantitative estimate of drug-likeness (QED) is 0.277. The van der Waals surface area contributed by atoms with Crippen molar-refractivity contribution >= 4 is 29.9 Å². The number of aliphatic imine (C=N–C) groups is 1. The second kappa shape index (κ2) is 14.8. The molecule has 0 unspecified atom stereocenters. The summed E-state index contributed by atoms with van der Waals surface area (Å²) in [5.41, 5.74) is 0. The van der Waals surface area contributed by atoms with Crippen LogP contribution in [-0.4, -0.2) is 64.3 Å². The Kier molecular flexibility index (Phi) is 14.8. The number of guanidine groups is 1. The molecule has 21 heavy (non-hydrogen) atoms. The van der Waals surface area contributed by atoms with E-state index in [1.54, 1.807) is 7.11 Å². The van der Waals surface area contributed by atoms with Gasteiger partial charge in [0.05, 0.1) is 0 Å². The molecule has 0 spiro atoms. The molecule has 1 saturated heterocycles. The summed E-state index contributed by atoms with van der Waals surface area (Å²) in [6.07, 6.45) is 7.75. The molecular weight excluding hydrogens is 379 g/mol. The van der Waals surface area contributed by atoms with Crippen LogP contribution < -0.4 is 10.6 Å². The van der Waals surface area contributed by atoms with Gasteiger partial charge in [0.15, 0.2) is 5.96 Å². The molecule has 1 heterocycles. The summed E-state index contributed by atoms with van der Waals surface area (Å²) in [4.78, 5) is 6.83. The van der Waals surface area contributed by atoms with Gasteiger partial charge in [-0.2, -0.15) is 0 Å². The number of hydrogen-bond acceptors (Lipinski definition) is 3. The van der Waals surface area contributed by atoms with Gasteiger partial charge in [-0.25, -0.2) is 0 Å². The van der Waals surface area contributed by atoms with Crippen molar-refractivity contribution in [2.75, 3.05) is 53.5 Å². The summed E-state index contributed by atoms with van der Waals surface area (Å²) >= 11 is 0. The van der Waals surface area contributed by atoms with Crippen molar-refractivity contribution < 1.29 is 4.74 Å². The van der Waals surface area contributed by atoms with Crippen LogP contribution in [0.15, 0.2) is 4.99 Å². The van der Waals surface area contributed by atoms with Crippen molar-refractivity contribution in [2.24, 2.45) is 4.99 Å². The highest BCUT2D eigenvalue weighted by atomic mass is 127. The van der Waals surface area contributed by atoms with E-state index in [1.807, 2.05) is 7.05 Å². The number of nitrogens with zero attached hydrogens (tertiary/aromatic N) is 2. The van der Waals surface area contributed by atoms with Gasteiger partial charge in [-0.15, -0.1) is 24.0 Å². The van der Waals surface area contributed by atoms with Crippen LogP contribution in [-0.2, 0) is 4.74 Å². The fourth-order valence-corrected chi connectivity index (χ4v) is 2.51. The standard InChI is InChI=1S/C15H32N4O.HI/c1-16-15(18-10-8-14-20-2)17-9-7-13-19-11-5-3-4-6-12-19;/h3-14H2,1-2H3,(H2,16,17,18);1H. The predicted octanol–water partition coefficient (Wildman–Crippen LogP) is 2.07. The fraction of sp³-hybridized carbons (Fsp3) is 0.933. The molecule has 1 fully saturated rings. The molecule has 1 aliphatic rings. The zero-order valence-corrected chi connectivity index (χ0v) is 16.0. The number of ether oxygens (including phenoxy) is 1. The Morgan fingerprint density at radius 2 is 1.67 bits per heavy atom. The molecule has 0 bridgehead atoms. The van der Waals surface area contributed by atoms with Crippen LogP contribution in [0.25, 0.3) is 0 Å². The Balaban J connectivity index is 0.00000400. The molecule has 6 heteroatoms. The molecule has 2 N–H and O–H groups in total. The molecule has 0 aromatic rings. The molecular formula is C15H33IN4O. The lowest BCUT2D eigenvalue weighted by Crippen LogP contribution is -2.39. The zero-order chi connectivity index (χ0) is 14.5. The van der Waals surface area contributed by atoms with Crippen LogP contribution in [0.2, 0.25) is 0 Å². The Bertz CT molecular complexity index is 256. The van der Waals surface area contributed by atoms with Gasteiger partial charge in [-0.05, 0) is 45.3 Å². The van der Waals surface area contributed by atoms with Crippen molar-refractivity contribution in [1.82, 2.24) is 15.5 Å². The van der Waals surface area contributed by atoms with Crippen LogP contribution in [0.1, 0.15) is 38.5 Å². The van der Waals surface area contributed by atoms with E-state index in [-0.39, 0.29) is 24.0 Å². The average molecular weight is 412 g/mol. The molecule has 1 rings (SSSR count). The highest BCUT2D eigenvalue weighted by Crippen LogP contribution is 2.09. The molecule has 0 radical (unpaired) electrons. The summed E-state index contributed by atoms with van der Waals surface area (Å²) in [5.74, 6) is 0.900. The van der Waals surface area contributed by atoms with Crippen LogP contribution in [0.5, 0.6) is 0 Å². The summed E-state index contributed by atoms with van der Waals surface area (Å²) in [5, 5.41) is 6.67. The predicted molar refractivity (Wildman–Crippen MR) is 101 cm³/mol. The number of methoxy groups -OCH3 is 1. The highest BCUT2D eigenvalue weighted by Gasteiger charge is 2.08. The van der Waals surface area contributed by atoms with E-state index in [0.29, 0.717) is 0 Å². The lowest BCUT2D eigenvalue weighted by atomic mass is 10.2. The van der Waals surface area contributed by atoms with E-state index in [9.17, 15) is 0 Å². The molecule has 0 aliphatic carbocycles. The van der Waals surface area contributed by atoms with E-state index >= 15 is 0 Å². The number of nitrogens with one attached hydrogen (secondary N) is 2. The molecule has 0 atom stereocenters. The van der Waals surface area contributed by atoms with Gasteiger partial charge in [0.2, 0.25) is 0 Å². The Morgan fingerprint density at radius 1 is 1.05 bits per heavy atom. The number of likely N-dealkylation sites (tertiary alicyclic amines) is 1. The number of halogens is 1. The molecule has 0 saturated carbocycles. The first-order chi connectivity index (χ1) is 9.86. The first-order valence-electron chi connectivity index (χ1n) is 8.02. The fourth-order valence-electron chi connectivity index (χ4n) is 2.51. The molecule has 0 aromatic carbocycles. The summed E-state index contributed by atoms with van der Waals surface area (Å²) in [7, 11) is 3.55. The maximum Gasteiger partial charge on any atom is 0.190 e. The van der Waals surface area contributed by atoms with Gasteiger partial charge >= 0.3 is 0 Å². The maximum atomic E-state index is 5.03. The van der Waals surface area contributed by atoms with E-state index in [2.05, 4.69) is 20.5 Å². The van der Waals surface area contributed by atoms with Crippen LogP contribution in [0.3, 0.4) is 0 Å². The Labute approximate surface area is 147 Å². The normalized spacial score (nSPS) is 17.0. The molecule has 0 aromatic heterocycles. The smallest absolute Gasteiger partial charge is 0.190 e. The van der Waals surface area contributed by atoms with Gasteiger partial charge in [0.1, 0.15) is 0 Å². The zero-order valence-electron chi connectivity index (χ0n) is 13.7. The first-order valence-corrected chi connectivity index (χ1v) is 8.02. The van der Waals surface area contributed by atoms with Crippen molar-refractivity contribution in [3.05, 3.63) is 0 Å². The second-order valence-corrected chi connectivity index (χ2v) is 5.38. The Hall–Kier alpha value is -0.0800. The highest BCUT2D eigenvalue weighted by molar-refractivity contribution is 14.0. The minimum atomic E-state index is 0. The summed E-state index contributed by atoms with van der Waals surface area (Å²) < 4.78 is 5.03. The largest absolute Gasteiger partial charge is 0.385 e. The SMILES string of the molecule is CN=C(NCCCOC)NCCCN1CCCCCC1.I. The van der Waals surface area contributed by atoms with Gasteiger partial charge < -0.3 is 20.3 Å². The second-order valence-electron chi connectivity index (χ2n) is 5.38. The van der Waals surface area contributed by atoms with Crippen molar-refractivity contribution in [3.8, 4) is 0 Å². The number of rotatable bonds is 8. The first kappa shape index (κ1) is 20.9. The third kappa shape index (κ3) is 11.2. The third-order valence-corrected chi connectivity index (χ3v) is 3.68. The third-order valence-electron chi connectivity index (χ3n) is 3.68. The lowest BCUT2D eigenvalue weighted by molar-refractivity contribution is 0.195. The minimum Gasteiger partial charge on any atom is -0.385 e. The van der Waals surface area contributed by atoms with E-state index in [0.717, 1.165) is 32.1 Å². The topological polar surface area (TPSA) is 48.9 Å². The molecule has 5 nitrogen and oxygen atoms in total. The summed E-state index contributed by atoms with van der Waals surface area (Å²) in [6, 6.07) is 0. The van der Waals surface area contributed by atoms with Crippen molar-refractivity contribution in [1.29, 1.82) is 0 Å². The van der Waals surface area contributed by atoms with Gasteiger partial charge in [-0.1, -0.05) is 12.8 Å². The minimum absolute atomic E-state index is 0.